The molecule has 0 saturated carbocycles. The summed E-state index contributed by atoms with van der Waals surface area (Å²) in [6, 6.07) is 12.7. The van der Waals surface area contributed by atoms with Crippen molar-refractivity contribution in [3.05, 3.63) is 65.0 Å². The number of fused-ring (bicyclic) bond motifs is 1. The van der Waals surface area contributed by atoms with E-state index in [1.54, 1.807) is 0 Å². The van der Waals surface area contributed by atoms with Crippen molar-refractivity contribution < 1.29 is 9.18 Å². The molecule has 108 valence electrons. The normalized spacial score (nSPS) is 15.2. The molecule has 0 saturated heterocycles. The number of halogens is 2. The summed E-state index contributed by atoms with van der Waals surface area (Å²) < 4.78 is 12.9. The van der Waals surface area contributed by atoms with Gasteiger partial charge < -0.3 is 5.32 Å². The number of carbonyl (C=O) groups excluding carboxylic acids is 1. The van der Waals surface area contributed by atoms with Crippen LogP contribution in [0.3, 0.4) is 0 Å². The molecule has 1 aliphatic rings. The number of alkyl halides is 1. The highest BCUT2D eigenvalue weighted by molar-refractivity contribution is 9.09. The molecule has 1 N–H and O–H groups in total. The molecule has 1 aliphatic heterocycles. The number of aryl methyl sites for hydroxylation is 1. The third-order valence-electron chi connectivity index (χ3n) is 3.71. The van der Waals surface area contributed by atoms with Gasteiger partial charge in [-0.25, -0.2) is 4.39 Å². The van der Waals surface area contributed by atoms with E-state index in [4.69, 9.17) is 0 Å². The molecule has 2 aromatic carbocycles. The third kappa shape index (κ3) is 3.32. The van der Waals surface area contributed by atoms with Gasteiger partial charge in [0.2, 0.25) is 5.91 Å². The molecule has 1 amide bonds. The molecule has 4 heteroatoms. The Hall–Kier alpha value is -1.68. The Morgan fingerprint density at radius 1 is 1.14 bits per heavy atom. The summed E-state index contributed by atoms with van der Waals surface area (Å²) in [6.07, 6.45) is 2.12. The Bertz CT molecular complexity index is 669. The van der Waals surface area contributed by atoms with Crippen LogP contribution in [-0.4, -0.2) is 5.91 Å². The van der Waals surface area contributed by atoms with Crippen molar-refractivity contribution >= 4 is 27.5 Å². The first-order valence-corrected chi connectivity index (χ1v) is 7.84. The van der Waals surface area contributed by atoms with Crippen molar-refractivity contribution in [3.8, 4) is 0 Å². The minimum Gasteiger partial charge on any atom is -0.326 e. The number of amides is 1. The van der Waals surface area contributed by atoms with Crippen molar-refractivity contribution in [1.82, 2.24) is 0 Å². The Morgan fingerprint density at radius 3 is 2.67 bits per heavy atom. The number of hydrogen-bond acceptors (Lipinski definition) is 1. The summed E-state index contributed by atoms with van der Waals surface area (Å²) in [4.78, 5) is 11.5. The molecule has 2 nitrogen and oxygen atoms in total. The molecule has 3 rings (SSSR count). The first-order chi connectivity index (χ1) is 10.1. The zero-order valence-electron chi connectivity index (χ0n) is 11.4. The van der Waals surface area contributed by atoms with Gasteiger partial charge in [0.1, 0.15) is 5.82 Å². The number of anilines is 1. The smallest absolute Gasteiger partial charge is 0.224 e. The van der Waals surface area contributed by atoms with Gasteiger partial charge in [-0.15, -0.1) is 0 Å². The second kappa shape index (κ2) is 5.98. The molecule has 1 unspecified atom stereocenters. The Morgan fingerprint density at radius 2 is 1.90 bits per heavy atom. The van der Waals surface area contributed by atoms with Gasteiger partial charge in [-0.1, -0.05) is 40.2 Å². The van der Waals surface area contributed by atoms with E-state index in [9.17, 15) is 9.18 Å². The number of benzene rings is 2. The van der Waals surface area contributed by atoms with Gasteiger partial charge in [-0.2, -0.15) is 0 Å². The van der Waals surface area contributed by atoms with E-state index >= 15 is 0 Å². The van der Waals surface area contributed by atoms with E-state index in [2.05, 4.69) is 27.3 Å². The molecule has 0 radical (unpaired) electrons. The summed E-state index contributed by atoms with van der Waals surface area (Å²) in [5.41, 5.74) is 4.35. The Labute approximate surface area is 131 Å². The minimum absolute atomic E-state index is 0.0805. The second-order valence-electron chi connectivity index (χ2n) is 5.26. The maximum absolute atomic E-state index is 12.9. The summed E-state index contributed by atoms with van der Waals surface area (Å²) in [7, 11) is 0. The van der Waals surface area contributed by atoms with E-state index < -0.39 is 0 Å². The first kappa shape index (κ1) is 14.3. The van der Waals surface area contributed by atoms with Crippen LogP contribution in [0.2, 0.25) is 0 Å². The highest BCUT2D eigenvalue weighted by Crippen LogP contribution is 2.31. The molecule has 21 heavy (non-hydrogen) atoms. The lowest BCUT2D eigenvalue weighted by Gasteiger charge is -2.19. The van der Waals surface area contributed by atoms with Crippen molar-refractivity contribution in [1.29, 1.82) is 0 Å². The van der Waals surface area contributed by atoms with E-state index in [1.165, 1.54) is 23.3 Å². The van der Waals surface area contributed by atoms with Gasteiger partial charge in [-0.05, 0) is 47.7 Å². The summed E-state index contributed by atoms with van der Waals surface area (Å²) in [5, 5.41) is 2.89. The van der Waals surface area contributed by atoms with Crippen LogP contribution >= 0.6 is 15.9 Å². The highest BCUT2D eigenvalue weighted by atomic mass is 79.9. The maximum atomic E-state index is 12.9. The van der Waals surface area contributed by atoms with E-state index in [0.29, 0.717) is 6.42 Å². The fourth-order valence-electron chi connectivity index (χ4n) is 2.54. The van der Waals surface area contributed by atoms with Gasteiger partial charge >= 0.3 is 0 Å². The largest absolute Gasteiger partial charge is 0.326 e. The van der Waals surface area contributed by atoms with Gasteiger partial charge in [-0.3, -0.25) is 4.79 Å². The fraction of sp³-hybridized carbons (Fsp3) is 0.235. The van der Waals surface area contributed by atoms with Crippen LogP contribution in [0.5, 0.6) is 0 Å². The lowest BCUT2D eigenvalue weighted by molar-refractivity contribution is -0.116. The molecular weight excluding hydrogens is 333 g/mol. The monoisotopic (exact) mass is 347 g/mol. The van der Waals surface area contributed by atoms with E-state index in [0.717, 1.165) is 24.1 Å². The van der Waals surface area contributed by atoms with Gasteiger partial charge in [0.05, 0.1) is 0 Å². The SMILES string of the molecule is O=C1CCc2cc(C(Br)Cc3ccc(F)cc3)ccc2N1. The average molecular weight is 348 g/mol. The van der Waals surface area contributed by atoms with Gasteiger partial charge in [0.25, 0.3) is 0 Å². The van der Waals surface area contributed by atoms with Crippen molar-refractivity contribution in [2.75, 3.05) is 5.32 Å². The molecule has 0 bridgehead atoms. The first-order valence-electron chi connectivity index (χ1n) is 6.93. The predicted molar refractivity (Wildman–Crippen MR) is 85.2 cm³/mol. The van der Waals surface area contributed by atoms with Crippen LogP contribution in [0, 0.1) is 5.82 Å². The molecule has 2 aromatic rings. The number of carbonyl (C=O) groups is 1. The molecule has 1 atom stereocenters. The fourth-order valence-corrected chi connectivity index (χ4v) is 3.20. The standard InChI is InChI=1S/C17H15BrFNO/c18-15(9-11-1-5-14(19)6-2-11)12-3-7-16-13(10-12)4-8-17(21)20-16/h1-3,5-7,10,15H,4,8-9H2,(H,20,21). The van der Waals surface area contributed by atoms with Gasteiger partial charge in [0, 0.05) is 16.9 Å². The van der Waals surface area contributed by atoms with Crippen LogP contribution in [0.15, 0.2) is 42.5 Å². The zero-order chi connectivity index (χ0) is 14.8. The zero-order valence-corrected chi connectivity index (χ0v) is 13.0. The Balaban J connectivity index is 1.77. The third-order valence-corrected chi connectivity index (χ3v) is 4.57. The predicted octanol–water partition coefficient (Wildman–Crippen LogP) is 4.39. The topological polar surface area (TPSA) is 29.1 Å². The Kier molecular flexibility index (Phi) is 4.06. The van der Waals surface area contributed by atoms with E-state index in [-0.39, 0.29) is 16.6 Å². The molecule has 0 fully saturated rings. The quantitative estimate of drug-likeness (QED) is 0.819. The molecule has 0 spiro atoms. The van der Waals surface area contributed by atoms with Crippen molar-refractivity contribution in [2.24, 2.45) is 0 Å². The van der Waals surface area contributed by atoms with Crippen LogP contribution in [0.4, 0.5) is 10.1 Å². The lowest BCUT2D eigenvalue weighted by Crippen LogP contribution is -2.19. The van der Waals surface area contributed by atoms with Crippen LogP contribution < -0.4 is 5.32 Å². The number of rotatable bonds is 3. The molecule has 1 heterocycles. The van der Waals surface area contributed by atoms with Crippen molar-refractivity contribution in [2.45, 2.75) is 24.1 Å². The summed E-state index contributed by atoms with van der Waals surface area (Å²) >= 11 is 3.70. The van der Waals surface area contributed by atoms with Crippen molar-refractivity contribution in [3.63, 3.8) is 0 Å². The maximum Gasteiger partial charge on any atom is 0.224 e. The van der Waals surface area contributed by atoms with Crippen LogP contribution in [-0.2, 0) is 17.6 Å². The van der Waals surface area contributed by atoms with Crippen LogP contribution in [0.25, 0.3) is 0 Å². The summed E-state index contributed by atoms with van der Waals surface area (Å²) in [5.74, 6) is -0.133. The highest BCUT2D eigenvalue weighted by Gasteiger charge is 2.17. The number of hydrogen-bond donors (Lipinski definition) is 1. The molecule has 0 aromatic heterocycles. The molecular formula is C17H15BrFNO. The van der Waals surface area contributed by atoms with Gasteiger partial charge in [0.15, 0.2) is 0 Å². The second-order valence-corrected chi connectivity index (χ2v) is 6.37. The van der Waals surface area contributed by atoms with E-state index in [1.807, 2.05) is 24.3 Å². The van der Waals surface area contributed by atoms with Crippen LogP contribution in [0.1, 0.15) is 27.9 Å². The summed E-state index contributed by atoms with van der Waals surface area (Å²) in [6.45, 7) is 0. The molecule has 0 aliphatic carbocycles. The average Bonchev–Trinajstić information content (AvgIpc) is 2.49. The number of nitrogens with one attached hydrogen (secondary N) is 1. The minimum atomic E-state index is -0.214. The lowest BCUT2D eigenvalue weighted by atomic mass is 9.97.